The lowest BCUT2D eigenvalue weighted by Crippen LogP contribution is -2.12. The molecule has 19 heavy (non-hydrogen) atoms. The van der Waals surface area contributed by atoms with Gasteiger partial charge >= 0.3 is 5.97 Å². The first-order valence-electron chi connectivity index (χ1n) is 6.18. The highest BCUT2D eigenvalue weighted by Gasteiger charge is 2.18. The van der Waals surface area contributed by atoms with Gasteiger partial charge in [0.25, 0.3) is 0 Å². The van der Waals surface area contributed by atoms with E-state index in [1.165, 1.54) is 7.11 Å². The number of para-hydroxylation sites is 1. The zero-order chi connectivity index (χ0) is 14.3. The molecule has 0 aliphatic carbocycles. The molecule has 0 spiro atoms. The van der Waals surface area contributed by atoms with E-state index >= 15 is 0 Å². The average Bonchev–Trinajstić information content (AvgIpc) is 2.41. The van der Waals surface area contributed by atoms with Crippen molar-refractivity contribution >= 4 is 5.97 Å². The summed E-state index contributed by atoms with van der Waals surface area (Å²) in [5, 5.41) is 0. The first-order valence-corrected chi connectivity index (χ1v) is 6.18. The molecule has 0 aromatic heterocycles. The molecule has 4 nitrogen and oxygen atoms in total. The fourth-order valence-electron chi connectivity index (χ4n) is 1.45. The fourth-order valence-corrected chi connectivity index (χ4v) is 1.45. The Morgan fingerprint density at radius 2 is 2.16 bits per heavy atom. The van der Waals surface area contributed by atoms with Crippen LogP contribution in [-0.4, -0.2) is 26.3 Å². The van der Waals surface area contributed by atoms with Crippen LogP contribution < -0.4 is 9.47 Å². The van der Waals surface area contributed by atoms with E-state index in [-0.39, 0.29) is 5.92 Å². The molecule has 0 bridgehead atoms. The summed E-state index contributed by atoms with van der Waals surface area (Å²) in [4.78, 5) is 12.0. The number of benzene rings is 1. The topological polar surface area (TPSA) is 44.8 Å². The van der Waals surface area contributed by atoms with Crippen LogP contribution in [-0.2, 0) is 4.74 Å². The summed E-state index contributed by atoms with van der Waals surface area (Å²) in [6.07, 6.45) is 1.61. The van der Waals surface area contributed by atoms with Crippen LogP contribution >= 0.6 is 0 Å². The third-order valence-corrected chi connectivity index (χ3v) is 2.31. The SMILES string of the molecule is C=CCOc1c(OC)cccc1C(=O)OCC(C)C. The minimum absolute atomic E-state index is 0.284. The number of carbonyl (C=O) groups is 1. The van der Waals surface area contributed by atoms with Crippen molar-refractivity contribution in [3.8, 4) is 11.5 Å². The van der Waals surface area contributed by atoms with Crippen molar-refractivity contribution in [2.75, 3.05) is 20.3 Å². The minimum Gasteiger partial charge on any atom is -0.493 e. The van der Waals surface area contributed by atoms with Gasteiger partial charge in [-0.25, -0.2) is 4.79 Å². The maximum Gasteiger partial charge on any atom is 0.342 e. The van der Waals surface area contributed by atoms with Gasteiger partial charge in [0.15, 0.2) is 11.5 Å². The Bertz CT molecular complexity index is 438. The maximum absolute atomic E-state index is 12.0. The second-order valence-corrected chi connectivity index (χ2v) is 4.43. The Morgan fingerprint density at radius 1 is 1.42 bits per heavy atom. The van der Waals surface area contributed by atoms with Gasteiger partial charge in [-0.2, -0.15) is 0 Å². The van der Waals surface area contributed by atoms with Gasteiger partial charge in [-0.3, -0.25) is 0 Å². The van der Waals surface area contributed by atoms with Gasteiger partial charge < -0.3 is 14.2 Å². The average molecular weight is 264 g/mol. The predicted molar refractivity (Wildman–Crippen MR) is 73.8 cm³/mol. The Balaban J connectivity index is 2.97. The van der Waals surface area contributed by atoms with Crippen LogP contribution in [0.25, 0.3) is 0 Å². The summed E-state index contributed by atoms with van der Waals surface area (Å²) >= 11 is 0. The van der Waals surface area contributed by atoms with Gasteiger partial charge in [0, 0.05) is 0 Å². The molecule has 104 valence electrons. The Hall–Kier alpha value is -1.97. The standard InChI is InChI=1S/C15H20O4/c1-5-9-18-14-12(7-6-8-13(14)17-4)15(16)19-10-11(2)3/h5-8,11H,1,9-10H2,2-4H3. The van der Waals surface area contributed by atoms with Gasteiger partial charge in [-0.15, -0.1) is 0 Å². The normalized spacial score (nSPS) is 10.1. The molecule has 0 N–H and O–H groups in total. The molecule has 1 rings (SSSR count). The number of esters is 1. The highest BCUT2D eigenvalue weighted by atomic mass is 16.5. The first-order chi connectivity index (χ1) is 9.10. The zero-order valence-electron chi connectivity index (χ0n) is 11.6. The van der Waals surface area contributed by atoms with Crippen molar-refractivity contribution in [1.29, 1.82) is 0 Å². The van der Waals surface area contributed by atoms with E-state index in [0.717, 1.165) is 0 Å². The van der Waals surface area contributed by atoms with E-state index in [2.05, 4.69) is 6.58 Å². The number of hydrogen-bond donors (Lipinski definition) is 0. The molecular weight excluding hydrogens is 244 g/mol. The van der Waals surface area contributed by atoms with Crippen molar-refractivity contribution in [3.63, 3.8) is 0 Å². The molecule has 0 unspecified atom stereocenters. The van der Waals surface area contributed by atoms with Crippen LogP contribution in [0.5, 0.6) is 11.5 Å². The van der Waals surface area contributed by atoms with Gasteiger partial charge in [0.2, 0.25) is 0 Å². The van der Waals surface area contributed by atoms with Crippen LogP contribution in [0.2, 0.25) is 0 Å². The molecule has 0 heterocycles. The Kier molecular flexibility index (Phi) is 5.93. The van der Waals surface area contributed by atoms with Crippen LogP contribution in [0.1, 0.15) is 24.2 Å². The Labute approximate surface area is 114 Å². The largest absolute Gasteiger partial charge is 0.493 e. The third kappa shape index (κ3) is 4.32. The summed E-state index contributed by atoms with van der Waals surface area (Å²) in [6.45, 7) is 8.21. The summed E-state index contributed by atoms with van der Waals surface area (Å²) in [5.41, 5.74) is 0.363. The van der Waals surface area contributed by atoms with Crippen molar-refractivity contribution < 1.29 is 19.0 Å². The summed E-state index contributed by atoms with van der Waals surface area (Å²) in [5.74, 6) is 0.762. The smallest absolute Gasteiger partial charge is 0.342 e. The number of rotatable bonds is 7. The van der Waals surface area contributed by atoms with E-state index in [0.29, 0.717) is 30.3 Å². The van der Waals surface area contributed by atoms with Crippen molar-refractivity contribution in [2.24, 2.45) is 5.92 Å². The minimum atomic E-state index is -0.410. The summed E-state index contributed by atoms with van der Waals surface area (Å²) in [7, 11) is 1.53. The molecule has 0 saturated carbocycles. The highest BCUT2D eigenvalue weighted by molar-refractivity contribution is 5.93. The lowest BCUT2D eigenvalue weighted by atomic mass is 10.2. The summed E-state index contributed by atoms with van der Waals surface area (Å²) < 4.78 is 15.9. The molecule has 4 heteroatoms. The monoisotopic (exact) mass is 264 g/mol. The third-order valence-electron chi connectivity index (χ3n) is 2.31. The van der Waals surface area contributed by atoms with Gasteiger partial charge in [0.05, 0.1) is 13.7 Å². The molecule has 0 atom stereocenters. The van der Waals surface area contributed by atoms with Crippen molar-refractivity contribution in [3.05, 3.63) is 36.4 Å². The molecule has 1 aromatic rings. The summed E-state index contributed by atoms with van der Waals surface area (Å²) in [6, 6.07) is 5.12. The number of ether oxygens (including phenoxy) is 3. The second kappa shape index (κ2) is 7.46. The zero-order valence-corrected chi connectivity index (χ0v) is 11.6. The molecule has 0 aliphatic heterocycles. The molecule has 0 radical (unpaired) electrons. The van der Waals surface area contributed by atoms with Crippen LogP contribution in [0, 0.1) is 5.92 Å². The van der Waals surface area contributed by atoms with Crippen molar-refractivity contribution in [2.45, 2.75) is 13.8 Å². The first kappa shape index (κ1) is 15.1. The van der Waals surface area contributed by atoms with Gasteiger partial charge in [0.1, 0.15) is 12.2 Å². The lowest BCUT2D eigenvalue weighted by Gasteiger charge is -2.14. The Morgan fingerprint density at radius 3 is 2.74 bits per heavy atom. The van der Waals surface area contributed by atoms with E-state index in [1.807, 2.05) is 13.8 Å². The van der Waals surface area contributed by atoms with Crippen molar-refractivity contribution in [1.82, 2.24) is 0 Å². The maximum atomic E-state index is 12.0. The second-order valence-electron chi connectivity index (χ2n) is 4.43. The molecular formula is C15H20O4. The van der Waals surface area contributed by atoms with Crippen LogP contribution in [0.15, 0.2) is 30.9 Å². The lowest BCUT2D eigenvalue weighted by molar-refractivity contribution is 0.0454. The number of hydrogen-bond acceptors (Lipinski definition) is 4. The molecule has 0 saturated heterocycles. The van der Waals surface area contributed by atoms with E-state index in [9.17, 15) is 4.79 Å². The fraction of sp³-hybridized carbons (Fsp3) is 0.400. The molecule has 0 amide bonds. The molecule has 0 fully saturated rings. The van der Waals surface area contributed by atoms with E-state index in [1.54, 1.807) is 24.3 Å². The molecule has 0 aliphatic rings. The van der Waals surface area contributed by atoms with E-state index in [4.69, 9.17) is 14.2 Å². The van der Waals surface area contributed by atoms with Crippen LogP contribution in [0.4, 0.5) is 0 Å². The van der Waals surface area contributed by atoms with Gasteiger partial charge in [-0.1, -0.05) is 32.6 Å². The highest BCUT2D eigenvalue weighted by Crippen LogP contribution is 2.31. The predicted octanol–water partition coefficient (Wildman–Crippen LogP) is 3.07. The number of carbonyl (C=O) groups excluding carboxylic acids is 1. The van der Waals surface area contributed by atoms with Gasteiger partial charge in [-0.05, 0) is 18.1 Å². The molecule has 1 aromatic carbocycles. The number of methoxy groups -OCH3 is 1. The van der Waals surface area contributed by atoms with E-state index < -0.39 is 5.97 Å². The quantitative estimate of drug-likeness (QED) is 0.561. The van der Waals surface area contributed by atoms with Crippen LogP contribution in [0.3, 0.4) is 0 Å².